The van der Waals surface area contributed by atoms with E-state index < -0.39 is 12.1 Å². The van der Waals surface area contributed by atoms with Crippen molar-refractivity contribution in [3.63, 3.8) is 0 Å². The van der Waals surface area contributed by atoms with Gasteiger partial charge in [0.05, 0.1) is 6.04 Å². The van der Waals surface area contributed by atoms with E-state index in [1.54, 1.807) is 18.7 Å². The highest BCUT2D eigenvalue weighted by atomic mass is 16.3. The molecular formula is C14H20N2O3. The van der Waals surface area contributed by atoms with Crippen LogP contribution in [0.3, 0.4) is 0 Å². The van der Waals surface area contributed by atoms with Crippen LogP contribution >= 0.6 is 0 Å². The molecule has 0 aromatic carbocycles. The summed E-state index contributed by atoms with van der Waals surface area (Å²) in [5, 5.41) is 2.68. The van der Waals surface area contributed by atoms with Gasteiger partial charge in [-0.15, -0.1) is 0 Å². The number of hydrogen-bond donors (Lipinski definition) is 1. The molecule has 3 unspecified atom stereocenters. The van der Waals surface area contributed by atoms with Gasteiger partial charge < -0.3 is 14.6 Å². The van der Waals surface area contributed by atoms with E-state index in [9.17, 15) is 9.59 Å². The maximum atomic E-state index is 12.3. The lowest BCUT2D eigenvalue weighted by Crippen LogP contribution is -2.61. The number of hydrogen-bond acceptors (Lipinski definition) is 3. The van der Waals surface area contributed by atoms with Gasteiger partial charge in [0.1, 0.15) is 23.6 Å². The molecule has 2 rings (SSSR count). The van der Waals surface area contributed by atoms with Crippen LogP contribution in [0.2, 0.25) is 0 Å². The minimum atomic E-state index is -0.473. The van der Waals surface area contributed by atoms with Crippen LogP contribution in [-0.2, 0) is 9.59 Å². The Kier molecular flexibility index (Phi) is 3.39. The second kappa shape index (κ2) is 4.72. The van der Waals surface area contributed by atoms with Gasteiger partial charge in [-0.2, -0.15) is 0 Å². The zero-order chi connectivity index (χ0) is 14.3. The normalized spacial score (nSPS) is 25.4. The molecule has 1 aliphatic heterocycles. The number of nitrogens with one attached hydrogen (secondary N) is 1. The van der Waals surface area contributed by atoms with E-state index in [4.69, 9.17) is 4.42 Å². The molecule has 1 aromatic heterocycles. The molecule has 0 radical (unpaired) electrons. The Morgan fingerprint density at radius 1 is 1.32 bits per heavy atom. The van der Waals surface area contributed by atoms with Crippen molar-refractivity contribution < 1.29 is 14.0 Å². The Morgan fingerprint density at radius 2 is 1.95 bits per heavy atom. The number of amides is 2. The molecule has 1 N–H and O–H groups in total. The number of carbonyl (C=O) groups excluding carboxylic acids is 2. The minimum absolute atomic E-state index is 0.0575. The number of rotatable bonds is 2. The van der Waals surface area contributed by atoms with Crippen LogP contribution < -0.4 is 5.32 Å². The second-order valence-corrected chi connectivity index (χ2v) is 5.20. The van der Waals surface area contributed by atoms with Crippen LogP contribution in [0.15, 0.2) is 10.5 Å². The first-order chi connectivity index (χ1) is 8.82. The molecule has 1 saturated heterocycles. The number of piperazine rings is 1. The fourth-order valence-corrected chi connectivity index (χ4v) is 2.68. The Hall–Kier alpha value is -1.78. The fraction of sp³-hybridized carbons (Fsp3) is 0.571. The van der Waals surface area contributed by atoms with Crippen LogP contribution in [0.4, 0.5) is 0 Å². The first-order valence-electron chi connectivity index (χ1n) is 6.52. The van der Waals surface area contributed by atoms with Gasteiger partial charge in [-0.25, -0.2) is 0 Å². The van der Waals surface area contributed by atoms with Crippen LogP contribution in [0.1, 0.15) is 43.9 Å². The van der Waals surface area contributed by atoms with Crippen LogP contribution in [0, 0.1) is 13.8 Å². The van der Waals surface area contributed by atoms with Crippen molar-refractivity contribution in [3.8, 4) is 0 Å². The first-order valence-corrected chi connectivity index (χ1v) is 6.52. The summed E-state index contributed by atoms with van der Waals surface area (Å²) in [4.78, 5) is 25.8. The summed E-state index contributed by atoms with van der Waals surface area (Å²) < 4.78 is 5.51. The predicted molar refractivity (Wildman–Crippen MR) is 70.5 cm³/mol. The highest BCUT2D eigenvalue weighted by molar-refractivity contribution is 5.96. The molecule has 0 bridgehead atoms. The number of nitrogens with zero attached hydrogens (tertiary/aromatic N) is 1. The van der Waals surface area contributed by atoms with Gasteiger partial charge in [0, 0.05) is 5.56 Å². The lowest BCUT2D eigenvalue weighted by molar-refractivity contribution is -0.150. The lowest BCUT2D eigenvalue weighted by Gasteiger charge is -2.40. The van der Waals surface area contributed by atoms with E-state index in [2.05, 4.69) is 5.32 Å². The van der Waals surface area contributed by atoms with Gasteiger partial charge >= 0.3 is 0 Å². The number of furan rings is 1. The van der Waals surface area contributed by atoms with Gasteiger partial charge in [0.15, 0.2) is 0 Å². The molecule has 0 saturated carbocycles. The SMILES string of the molecule is Cc1cc(C(C)N2C(=O)C(C)NC(=O)C2C)c(C)o1. The monoisotopic (exact) mass is 264 g/mol. The molecular weight excluding hydrogens is 244 g/mol. The van der Waals surface area contributed by atoms with Crippen molar-refractivity contribution >= 4 is 11.8 Å². The summed E-state index contributed by atoms with van der Waals surface area (Å²) in [7, 11) is 0. The molecule has 5 heteroatoms. The summed E-state index contributed by atoms with van der Waals surface area (Å²) in [6, 6.07) is 0.818. The Bertz CT molecular complexity index is 521. The largest absolute Gasteiger partial charge is 0.466 e. The lowest BCUT2D eigenvalue weighted by atomic mass is 10.0. The highest BCUT2D eigenvalue weighted by Crippen LogP contribution is 2.29. The molecule has 0 aliphatic carbocycles. The molecule has 1 aromatic rings. The quantitative estimate of drug-likeness (QED) is 0.884. The van der Waals surface area contributed by atoms with Gasteiger partial charge in [-0.1, -0.05) is 0 Å². The van der Waals surface area contributed by atoms with E-state index in [1.165, 1.54) is 0 Å². The smallest absolute Gasteiger partial charge is 0.246 e. The number of aryl methyl sites for hydroxylation is 2. The molecule has 19 heavy (non-hydrogen) atoms. The third kappa shape index (κ3) is 2.25. The van der Waals surface area contributed by atoms with Crippen LogP contribution in [-0.4, -0.2) is 28.8 Å². The summed E-state index contributed by atoms with van der Waals surface area (Å²) in [6.07, 6.45) is 0. The maximum absolute atomic E-state index is 12.3. The van der Waals surface area contributed by atoms with Crippen molar-refractivity contribution in [3.05, 3.63) is 23.2 Å². The van der Waals surface area contributed by atoms with Crippen molar-refractivity contribution in [1.82, 2.24) is 10.2 Å². The molecule has 1 aliphatic rings. The van der Waals surface area contributed by atoms with E-state index in [0.717, 1.165) is 17.1 Å². The molecule has 104 valence electrons. The standard InChI is InChI=1S/C14H20N2O3/c1-7-6-12(11(5)19-7)9(3)16-10(4)13(17)15-8(2)14(16)18/h6,8-10H,1-5H3,(H,15,17). The fourth-order valence-electron chi connectivity index (χ4n) is 2.68. The third-order valence-corrected chi connectivity index (χ3v) is 3.73. The predicted octanol–water partition coefficient (Wildman–Crippen LogP) is 1.69. The average Bonchev–Trinajstić information content (AvgIpc) is 2.66. The molecule has 5 nitrogen and oxygen atoms in total. The second-order valence-electron chi connectivity index (χ2n) is 5.20. The van der Waals surface area contributed by atoms with Gasteiger partial charge in [-0.3, -0.25) is 9.59 Å². The molecule has 2 amide bonds. The minimum Gasteiger partial charge on any atom is -0.466 e. The summed E-state index contributed by atoms with van der Waals surface area (Å²) in [5.74, 6) is 1.44. The van der Waals surface area contributed by atoms with Crippen molar-refractivity contribution in [2.24, 2.45) is 0 Å². The van der Waals surface area contributed by atoms with Crippen molar-refractivity contribution in [1.29, 1.82) is 0 Å². The van der Waals surface area contributed by atoms with Crippen molar-refractivity contribution in [2.45, 2.75) is 52.7 Å². The van der Waals surface area contributed by atoms with Gasteiger partial charge in [-0.05, 0) is 40.7 Å². The molecule has 0 spiro atoms. The zero-order valence-electron chi connectivity index (χ0n) is 12.0. The third-order valence-electron chi connectivity index (χ3n) is 3.73. The summed E-state index contributed by atoms with van der Waals surface area (Å²) >= 11 is 0. The Balaban J connectivity index is 2.35. The summed E-state index contributed by atoms with van der Waals surface area (Å²) in [6.45, 7) is 9.13. The van der Waals surface area contributed by atoms with Crippen molar-refractivity contribution in [2.75, 3.05) is 0 Å². The summed E-state index contributed by atoms with van der Waals surface area (Å²) in [5.41, 5.74) is 0.958. The van der Waals surface area contributed by atoms with Crippen LogP contribution in [0.5, 0.6) is 0 Å². The van der Waals surface area contributed by atoms with Crippen LogP contribution in [0.25, 0.3) is 0 Å². The average molecular weight is 264 g/mol. The Labute approximate surface area is 113 Å². The Morgan fingerprint density at radius 3 is 2.47 bits per heavy atom. The highest BCUT2D eigenvalue weighted by Gasteiger charge is 2.39. The molecule has 2 heterocycles. The van der Waals surface area contributed by atoms with E-state index in [0.29, 0.717) is 0 Å². The zero-order valence-corrected chi connectivity index (χ0v) is 12.0. The van der Waals surface area contributed by atoms with Gasteiger partial charge in [0.2, 0.25) is 11.8 Å². The number of carbonyl (C=O) groups is 2. The van der Waals surface area contributed by atoms with Gasteiger partial charge in [0.25, 0.3) is 0 Å². The maximum Gasteiger partial charge on any atom is 0.246 e. The molecule has 1 fully saturated rings. The van der Waals surface area contributed by atoms with E-state index in [1.807, 2.05) is 26.8 Å². The first kappa shape index (κ1) is 13.6. The topological polar surface area (TPSA) is 62.6 Å². The molecule has 3 atom stereocenters. The van der Waals surface area contributed by atoms with E-state index >= 15 is 0 Å². The van der Waals surface area contributed by atoms with E-state index in [-0.39, 0.29) is 17.9 Å².